The van der Waals surface area contributed by atoms with E-state index in [4.69, 9.17) is 23.2 Å². The minimum absolute atomic E-state index is 0.251. The lowest BCUT2D eigenvalue weighted by Gasteiger charge is -2.04. The van der Waals surface area contributed by atoms with Gasteiger partial charge in [0.1, 0.15) is 5.03 Å². The Hall–Kier alpha value is 0.01000. The molecular formula is C9H12Cl2N2S. The molecule has 5 heteroatoms. The van der Waals surface area contributed by atoms with Crippen molar-refractivity contribution in [3.63, 3.8) is 0 Å². The second-order valence-electron chi connectivity index (χ2n) is 3.32. The first-order chi connectivity index (χ1) is 6.59. The zero-order valence-corrected chi connectivity index (χ0v) is 10.5. The molecule has 0 aromatic carbocycles. The van der Waals surface area contributed by atoms with Gasteiger partial charge in [0.05, 0.1) is 11.2 Å². The molecule has 78 valence electrons. The second kappa shape index (κ2) is 5.79. The molecule has 0 aliphatic rings. The van der Waals surface area contributed by atoms with Gasteiger partial charge in [-0.3, -0.25) is 0 Å². The summed E-state index contributed by atoms with van der Waals surface area (Å²) in [4.78, 5) is 7.85. The maximum absolute atomic E-state index is 5.91. The molecule has 0 radical (unpaired) electrons. The van der Waals surface area contributed by atoms with Gasteiger partial charge in [-0.05, 0) is 29.7 Å². The monoisotopic (exact) mass is 250 g/mol. The van der Waals surface area contributed by atoms with Crippen LogP contribution in [0.5, 0.6) is 0 Å². The highest BCUT2D eigenvalue weighted by Crippen LogP contribution is 2.26. The van der Waals surface area contributed by atoms with Gasteiger partial charge in [-0.1, -0.05) is 25.4 Å². The number of hydrogen-bond acceptors (Lipinski definition) is 3. The van der Waals surface area contributed by atoms with Gasteiger partial charge in [0.15, 0.2) is 0 Å². The first-order valence-electron chi connectivity index (χ1n) is 4.40. The molecule has 0 aliphatic heterocycles. The Bertz CT molecular complexity index is 305. The third-order valence-corrected chi connectivity index (χ3v) is 3.21. The van der Waals surface area contributed by atoms with Gasteiger partial charge in [-0.25, -0.2) is 9.97 Å². The van der Waals surface area contributed by atoms with E-state index in [1.165, 1.54) is 6.20 Å². The maximum Gasteiger partial charge on any atom is 0.223 e. The van der Waals surface area contributed by atoms with Gasteiger partial charge < -0.3 is 0 Å². The first kappa shape index (κ1) is 12.1. The van der Waals surface area contributed by atoms with Gasteiger partial charge in [-0.15, -0.1) is 11.8 Å². The molecule has 1 rings (SSSR count). The van der Waals surface area contributed by atoms with Crippen LogP contribution in [0.1, 0.15) is 20.3 Å². The molecule has 0 unspecified atom stereocenters. The average Bonchev–Trinajstić information content (AvgIpc) is 2.10. The molecule has 0 aliphatic carbocycles. The molecule has 2 nitrogen and oxygen atoms in total. The van der Waals surface area contributed by atoms with E-state index in [-0.39, 0.29) is 5.28 Å². The fourth-order valence-electron chi connectivity index (χ4n) is 0.824. The van der Waals surface area contributed by atoms with Crippen LogP contribution in [0.4, 0.5) is 0 Å². The molecule has 0 N–H and O–H groups in total. The van der Waals surface area contributed by atoms with Crippen molar-refractivity contribution in [3.05, 3.63) is 16.5 Å². The number of hydrogen-bond donors (Lipinski definition) is 0. The van der Waals surface area contributed by atoms with Crippen molar-refractivity contribution in [3.8, 4) is 0 Å². The summed E-state index contributed by atoms with van der Waals surface area (Å²) in [5.74, 6) is 1.70. The Balaban J connectivity index is 2.53. The van der Waals surface area contributed by atoms with Crippen LogP contribution in [-0.2, 0) is 0 Å². The SMILES string of the molecule is CC(C)CCSc1nc(Cl)ncc1Cl. The molecule has 0 saturated heterocycles. The van der Waals surface area contributed by atoms with E-state index in [2.05, 4.69) is 23.8 Å². The highest BCUT2D eigenvalue weighted by atomic mass is 35.5. The zero-order chi connectivity index (χ0) is 10.6. The van der Waals surface area contributed by atoms with Crippen molar-refractivity contribution in [2.75, 3.05) is 5.75 Å². The zero-order valence-electron chi connectivity index (χ0n) is 8.13. The summed E-state index contributed by atoms with van der Waals surface area (Å²) in [6, 6.07) is 0. The van der Waals surface area contributed by atoms with Crippen LogP contribution in [0.2, 0.25) is 10.3 Å². The lowest BCUT2D eigenvalue weighted by atomic mass is 10.2. The van der Waals surface area contributed by atoms with E-state index in [1.54, 1.807) is 11.8 Å². The Morgan fingerprint density at radius 1 is 1.43 bits per heavy atom. The van der Waals surface area contributed by atoms with Crippen LogP contribution >= 0.6 is 35.0 Å². The molecule has 1 aromatic heterocycles. The van der Waals surface area contributed by atoms with Crippen molar-refractivity contribution in [1.29, 1.82) is 0 Å². The van der Waals surface area contributed by atoms with Crippen LogP contribution in [0.25, 0.3) is 0 Å². The van der Waals surface area contributed by atoms with Crippen LogP contribution in [0, 0.1) is 5.92 Å². The average molecular weight is 251 g/mol. The standard InChI is InChI=1S/C9H12Cl2N2S/c1-6(2)3-4-14-8-7(10)5-12-9(11)13-8/h5-6H,3-4H2,1-2H3. The summed E-state index contributed by atoms with van der Waals surface area (Å²) in [5.41, 5.74) is 0. The fourth-order valence-corrected chi connectivity index (χ4v) is 2.39. The Morgan fingerprint density at radius 2 is 2.14 bits per heavy atom. The summed E-state index contributed by atoms with van der Waals surface area (Å²) in [6.07, 6.45) is 2.68. The van der Waals surface area contributed by atoms with Crippen LogP contribution in [0.15, 0.2) is 11.2 Å². The van der Waals surface area contributed by atoms with E-state index >= 15 is 0 Å². The number of rotatable bonds is 4. The molecule has 1 heterocycles. The number of halogens is 2. The van der Waals surface area contributed by atoms with Gasteiger partial charge >= 0.3 is 0 Å². The van der Waals surface area contributed by atoms with E-state index in [9.17, 15) is 0 Å². The van der Waals surface area contributed by atoms with Gasteiger partial charge in [0.2, 0.25) is 5.28 Å². The molecule has 0 atom stereocenters. The quantitative estimate of drug-likeness (QED) is 0.460. The third kappa shape index (κ3) is 4.03. The van der Waals surface area contributed by atoms with Crippen molar-refractivity contribution in [1.82, 2.24) is 9.97 Å². The summed E-state index contributed by atoms with van der Waals surface area (Å²) in [5, 5.41) is 1.59. The van der Waals surface area contributed by atoms with Gasteiger partial charge in [0, 0.05) is 0 Å². The third-order valence-electron chi connectivity index (χ3n) is 1.62. The van der Waals surface area contributed by atoms with Crippen molar-refractivity contribution < 1.29 is 0 Å². The smallest absolute Gasteiger partial charge is 0.223 e. The highest BCUT2D eigenvalue weighted by Gasteiger charge is 2.05. The molecule has 0 bridgehead atoms. The first-order valence-corrected chi connectivity index (χ1v) is 6.14. The summed E-state index contributed by atoms with van der Waals surface area (Å²) < 4.78 is 0. The summed E-state index contributed by atoms with van der Waals surface area (Å²) in [6.45, 7) is 4.38. The topological polar surface area (TPSA) is 25.8 Å². The molecule has 0 fully saturated rings. The molecule has 0 saturated carbocycles. The fraction of sp³-hybridized carbons (Fsp3) is 0.556. The predicted molar refractivity (Wildman–Crippen MR) is 62.2 cm³/mol. The van der Waals surface area contributed by atoms with Crippen LogP contribution < -0.4 is 0 Å². The predicted octanol–water partition coefficient (Wildman–Crippen LogP) is 3.92. The second-order valence-corrected chi connectivity index (χ2v) is 5.15. The van der Waals surface area contributed by atoms with Crippen LogP contribution in [0.3, 0.4) is 0 Å². The van der Waals surface area contributed by atoms with E-state index in [0.29, 0.717) is 10.9 Å². The Labute approximate surface area is 98.4 Å². The summed E-state index contributed by atoms with van der Waals surface area (Å²) in [7, 11) is 0. The molecule has 1 aromatic rings. The Morgan fingerprint density at radius 3 is 2.79 bits per heavy atom. The lowest BCUT2D eigenvalue weighted by molar-refractivity contribution is 0.632. The van der Waals surface area contributed by atoms with Gasteiger partial charge in [0.25, 0.3) is 0 Å². The Kier molecular flexibility index (Phi) is 4.99. The largest absolute Gasteiger partial charge is 0.225 e. The van der Waals surface area contributed by atoms with Crippen molar-refractivity contribution in [2.24, 2.45) is 5.92 Å². The molecule has 0 amide bonds. The van der Waals surface area contributed by atoms with E-state index < -0.39 is 0 Å². The van der Waals surface area contributed by atoms with Crippen molar-refractivity contribution in [2.45, 2.75) is 25.3 Å². The highest BCUT2D eigenvalue weighted by molar-refractivity contribution is 7.99. The normalized spacial score (nSPS) is 10.9. The van der Waals surface area contributed by atoms with Crippen LogP contribution in [-0.4, -0.2) is 15.7 Å². The maximum atomic E-state index is 5.91. The number of nitrogens with zero attached hydrogens (tertiary/aromatic N) is 2. The molecular weight excluding hydrogens is 239 g/mol. The molecule has 14 heavy (non-hydrogen) atoms. The molecule has 0 spiro atoms. The van der Waals surface area contributed by atoms with Crippen molar-refractivity contribution >= 4 is 35.0 Å². The lowest BCUT2D eigenvalue weighted by Crippen LogP contribution is -1.92. The summed E-state index contributed by atoms with van der Waals surface area (Å²) >= 11 is 13.2. The minimum atomic E-state index is 0.251. The number of thioether (sulfide) groups is 1. The number of aromatic nitrogens is 2. The van der Waals surface area contributed by atoms with Gasteiger partial charge in [-0.2, -0.15) is 0 Å². The van der Waals surface area contributed by atoms with E-state index in [0.717, 1.165) is 17.2 Å². The van der Waals surface area contributed by atoms with E-state index in [1.807, 2.05) is 0 Å². The minimum Gasteiger partial charge on any atom is -0.225 e.